The molecule has 0 aromatic heterocycles. The van der Waals surface area contributed by atoms with E-state index in [2.05, 4.69) is 20.8 Å². The van der Waals surface area contributed by atoms with Crippen LogP contribution < -0.4 is 0 Å². The average Bonchev–Trinajstić information content (AvgIpc) is 1.98. The third-order valence-electron chi connectivity index (χ3n) is 2.10. The van der Waals surface area contributed by atoms with Crippen LogP contribution >= 0.6 is 7.60 Å². The minimum atomic E-state index is -2.86. The Morgan fingerprint density at radius 2 is 1.86 bits per heavy atom. The summed E-state index contributed by atoms with van der Waals surface area (Å²) >= 11 is 0. The molecule has 0 bridgehead atoms. The van der Waals surface area contributed by atoms with Crippen molar-refractivity contribution in [2.24, 2.45) is 5.41 Å². The molecule has 2 atom stereocenters. The molecule has 2 unspecified atom stereocenters. The smallest absolute Gasteiger partial charge is 0.309 e. The van der Waals surface area contributed by atoms with E-state index in [4.69, 9.17) is 9.05 Å². The maximum absolute atomic E-state index is 11.8. The van der Waals surface area contributed by atoms with Crippen molar-refractivity contribution in [1.29, 1.82) is 0 Å². The molecule has 0 spiro atoms. The van der Waals surface area contributed by atoms with Crippen LogP contribution in [-0.4, -0.2) is 19.4 Å². The molecule has 0 amide bonds. The van der Waals surface area contributed by atoms with Crippen LogP contribution in [0.4, 0.5) is 0 Å². The van der Waals surface area contributed by atoms with Crippen LogP contribution in [0.3, 0.4) is 0 Å². The third kappa shape index (κ3) is 5.79. The Hall–Kier alpha value is 0.150. The van der Waals surface area contributed by atoms with Crippen LogP contribution in [0.15, 0.2) is 0 Å². The van der Waals surface area contributed by atoms with Crippen molar-refractivity contribution in [2.75, 3.05) is 13.3 Å². The molecule has 0 aromatic carbocycles. The molecule has 0 radical (unpaired) electrons. The van der Waals surface area contributed by atoms with Gasteiger partial charge in [-0.15, -0.1) is 0 Å². The van der Waals surface area contributed by atoms with Gasteiger partial charge >= 0.3 is 7.60 Å². The van der Waals surface area contributed by atoms with Gasteiger partial charge < -0.3 is 9.05 Å². The Morgan fingerprint density at radius 3 is 2.21 bits per heavy atom. The number of rotatable bonds is 5. The lowest BCUT2D eigenvalue weighted by Crippen LogP contribution is -2.25. The van der Waals surface area contributed by atoms with E-state index in [-0.39, 0.29) is 11.5 Å². The first-order valence-electron chi connectivity index (χ1n) is 5.09. The van der Waals surface area contributed by atoms with Gasteiger partial charge in [0.1, 0.15) is 0 Å². The summed E-state index contributed by atoms with van der Waals surface area (Å²) in [5, 5.41) is 0. The van der Waals surface area contributed by atoms with Crippen molar-refractivity contribution in [3.8, 4) is 0 Å². The quantitative estimate of drug-likeness (QED) is 0.665. The van der Waals surface area contributed by atoms with Crippen LogP contribution in [-0.2, 0) is 13.6 Å². The van der Waals surface area contributed by atoms with E-state index in [9.17, 15) is 4.57 Å². The molecule has 3 nitrogen and oxygen atoms in total. The highest BCUT2D eigenvalue weighted by molar-refractivity contribution is 7.53. The summed E-state index contributed by atoms with van der Waals surface area (Å²) in [6, 6.07) is 0. The largest absolute Gasteiger partial charge is 0.327 e. The van der Waals surface area contributed by atoms with Gasteiger partial charge in [0.15, 0.2) is 0 Å². The lowest BCUT2D eigenvalue weighted by molar-refractivity contribution is 0.0800. The Kier molecular flexibility index (Phi) is 5.35. The summed E-state index contributed by atoms with van der Waals surface area (Å²) in [4.78, 5) is 0. The van der Waals surface area contributed by atoms with Crippen molar-refractivity contribution in [1.82, 2.24) is 0 Å². The van der Waals surface area contributed by atoms with Gasteiger partial charge in [0.2, 0.25) is 0 Å². The average molecular weight is 222 g/mol. The highest BCUT2D eigenvalue weighted by Crippen LogP contribution is 2.47. The lowest BCUT2D eigenvalue weighted by Gasteiger charge is -2.29. The van der Waals surface area contributed by atoms with E-state index in [0.29, 0.717) is 6.61 Å². The first-order valence-corrected chi connectivity index (χ1v) is 7.08. The van der Waals surface area contributed by atoms with Crippen LogP contribution in [0.2, 0.25) is 0 Å². The second-order valence-electron chi connectivity index (χ2n) is 4.72. The molecule has 0 fully saturated rings. The van der Waals surface area contributed by atoms with Gasteiger partial charge in [-0.2, -0.15) is 0 Å². The molecular formula is C10H23O3P. The SMILES string of the molecule is CCCOP(C)(=O)OC(C)C(C)(C)C. The van der Waals surface area contributed by atoms with Crippen molar-refractivity contribution < 1.29 is 13.6 Å². The maximum atomic E-state index is 11.8. The first-order chi connectivity index (χ1) is 6.19. The molecule has 0 aliphatic heterocycles. The Bertz CT molecular complexity index is 208. The summed E-state index contributed by atoms with van der Waals surface area (Å²) in [5.41, 5.74) is -0.0127. The summed E-state index contributed by atoms with van der Waals surface area (Å²) in [6.45, 7) is 12.1. The molecule has 0 saturated carbocycles. The predicted molar refractivity (Wildman–Crippen MR) is 59.8 cm³/mol. The molecule has 0 heterocycles. The number of hydrogen-bond acceptors (Lipinski definition) is 3. The van der Waals surface area contributed by atoms with Crippen LogP contribution in [0.25, 0.3) is 0 Å². The van der Waals surface area contributed by atoms with Gasteiger partial charge in [-0.1, -0.05) is 27.7 Å². The minimum Gasteiger partial charge on any atom is -0.309 e. The van der Waals surface area contributed by atoms with Gasteiger partial charge in [0.25, 0.3) is 0 Å². The van der Waals surface area contributed by atoms with E-state index in [1.54, 1.807) is 0 Å². The molecule has 4 heteroatoms. The van der Waals surface area contributed by atoms with E-state index < -0.39 is 7.60 Å². The first kappa shape index (κ1) is 14.2. The topological polar surface area (TPSA) is 35.5 Å². The monoisotopic (exact) mass is 222 g/mol. The third-order valence-corrected chi connectivity index (χ3v) is 3.45. The summed E-state index contributed by atoms with van der Waals surface area (Å²) in [7, 11) is -2.86. The Morgan fingerprint density at radius 1 is 1.36 bits per heavy atom. The van der Waals surface area contributed by atoms with E-state index in [1.165, 1.54) is 6.66 Å². The molecule has 14 heavy (non-hydrogen) atoms. The van der Waals surface area contributed by atoms with Crippen LogP contribution in [0.5, 0.6) is 0 Å². The van der Waals surface area contributed by atoms with E-state index in [0.717, 1.165) is 6.42 Å². The second-order valence-corrected chi connectivity index (χ2v) is 6.73. The highest BCUT2D eigenvalue weighted by Gasteiger charge is 2.28. The molecule has 86 valence electrons. The number of hydrogen-bond donors (Lipinski definition) is 0. The standard InChI is InChI=1S/C10H23O3P/c1-7-8-12-14(6,11)13-9(2)10(3,4)5/h9H,7-8H2,1-6H3. The van der Waals surface area contributed by atoms with Crippen LogP contribution in [0.1, 0.15) is 41.0 Å². The van der Waals surface area contributed by atoms with Gasteiger partial charge in [0, 0.05) is 6.66 Å². The second kappa shape index (κ2) is 5.29. The molecule has 0 aliphatic carbocycles. The lowest BCUT2D eigenvalue weighted by atomic mass is 9.91. The minimum absolute atomic E-state index is 0.0127. The fraction of sp³-hybridized carbons (Fsp3) is 1.00. The Balaban J connectivity index is 4.15. The summed E-state index contributed by atoms with van der Waals surface area (Å²) in [6.07, 6.45) is 0.778. The molecule has 0 aliphatic rings. The zero-order valence-electron chi connectivity index (χ0n) is 10.2. The highest BCUT2D eigenvalue weighted by atomic mass is 31.2. The van der Waals surface area contributed by atoms with Crippen molar-refractivity contribution >= 4 is 7.60 Å². The molecule has 0 aromatic rings. The fourth-order valence-electron chi connectivity index (χ4n) is 0.733. The maximum Gasteiger partial charge on any atom is 0.327 e. The van der Waals surface area contributed by atoms with Crippen molar-refractivity contribution in [3.63, 3.8) is 0 Å². The van der Waals surface area contributed by atoms with E-state index in [1.807, 2.05) is 13.8 Å². The van der Waals surface area contributed by atoms with Gasteiger partial charge in [-0.25, -0.2) is 0 Å². The molecule has 0 saturated heterocycles. The summed E-state index contributed by atoms with van der Waals surface area (Å²) < 4.78 is 22.4. The fourth-order valence-corrected chi connectivity index (χ4v) is 2.20. The summed E-state index contributed by atoms with van der Waals surface area (Å²) in [5.74, 6) is 0. The van der Waals surface area contributed by atoms with E-state index >= 15 is 0 Å². The molecular weight excluding hydrogens is 199 g/mol. The zero-order valence-corrected chi connectivity index (χ0v) is 11.1. The van der Waals surface area contributed by atoms with Crippen LogP contribution in [0, 0.1) is 5.41 Å². The zero-order chi connectivity index (χ0) is 11.4. The van der Waals surface area contributed by atoms with Crippen molar-refractivity contribution in [2.45, 2.75) is 47.1 Å². The van der Waals surface area contributed by atoms with Gasteiger partial charge in [-0.3, -0.25) is 4.57 Å². The normalized spacial score (nSPS) is 19.0. The van der Waals surface area contributed by atoms with Gasteiger partial charge in [0.05, 0.1) is 12.7 Å². The van der Waals surface area contributed by atoms with Gasteiger partial charge in [-0.05, 0) is 18.8 Å². The Labute approximate surface area is 87.7 Å². The van der Waals surface area contributed by atoms with Crippen molar-refractivity contribution in [3.05, 3.63) is 0 Å². The molecule has 0 rings (SSSR count). The molecule has 0 N–H and O–H groups in total. The predicted octanol–water partition coefficient (Wildman–Crippen LogP) is 3.69.